The molecule has 0 bridgehead atoms. The predicted octanol–water partition coefficient (Wildman–Crippen LogP) is 3.84. The second-order valence-electron chi connectivity index (χ2n) is 7.27. The van der Waals surface area contributed by atoms with Crippen molar-refractivity contribution < 1.29 is 12.8 Å². The molecule has 4 rings (SSSR count). The number of rotatable bonds is 6. The summed E-state index contributed by atoms with van der Waals surface area (Å²) in [7, 11) is -3.59. The summed E-state index contributed by atoms with van der Waals surface area (Å²) >= 11 is 1.55. The smallest absolute Gasteiger partial charge is 0.243 e. The molecule has 2 aromatic carbocycles. The van der Waals surface area contributed by atoms with Gasteiger partial charge in [0.15, 0.2) is 5.13 Å². The average molecular weight is 447 g/mol. The molecule has 9 heteroatoms. The van der Waals surface area contributed by atoms with Crippen LogP contribution in [0.5, 0.6) is 0 Å². The van der Waals surface area contributed by atoms with Gasteiger partial charge in [-0.2, -0.15) is 4.31 Å². The Morgan fingerprint density at radius 3 is 2.37 bits per heavy atom. The van der Waals surface area contributed by atoms with E-state index in [1.54, 1.807) is 11.3 Å². The highest BCUT2D eigenvalue weighted by atomic mass is 32.2. The van der Waals surface area contributed by atoms with Crippen LogP contribution in [0.2, 0.25) is 0 Å². The van der Waals surface area contributed by atoms with Crippen LogP contribution in [0.1, 0.15) is 11.3 Å². The van der Waals surface area contributed by atoms with E-state index >= 15 is 0 Å². The minimum absolute atomic E-state index is 0.128. The molecule has 0 radical (unpaired) electrons. The first-order chi connectivity index (χ1) is 14.4. The van der Waals surface area contributed by atoms with Crippen molar-refractivity contribution in [1.29, 1.82) is 0 Å². The van der Waals surface area contributed by atoms with Crippen molar-refractivity contribution >= 4 is 32.2 Å². The lowest BCUT2D eigenvalue weighted by Crippen LogP contribution is -2.48. The first-order valence-corrected chi connectivity index (χ1v) is 12.0. The number of hydrogen-bond acceptors (Lipinski definition) is 6. The van der Waals surface area contributed by atoms with Gasteiger partial charge >= 0.3 is 0 Å². The molecular weight excluding hydrogens is 423 g/mol. The van der Waals surface area contributed by atoms with Crippen LogP contribution in [-0.2, 0) is 16.6 Å². The van der Waals surface area contributed by atoms with E-state index in [-0.39, 0.29) is 4.90 Å². The van der Waals surface area contributed by atoms with Crippen molar-refractivity contribution in [2.24, 2.45) is 0 Å². The molecule has 0 atom stereocenters. The first kappa shape index (κ1) is 20.9. The van der Waals surface area contributed by atoms with Gasteiger partial charge in [-0.1, -0.05) is 17.7 Å². The van der Waals surface area contributed by atoms with Gasteiger partial charge < -0.3 is 5.32 Å². The number of nitrogens with one attached hydrogen (secondary N) is 1. The van der Waals surface area contributed by atoms with Crippen LogP contribution in [0, 0.1) is 12.7 Å². The molecule has 0 unspecified atom stereocenters. The molecular formula is C21H23FN4O2S2. The lowest BCUT2D eigenvalue weighted by Gasteiger charge is -2.33. The average Bonchev–Trinajstić information content (AvgIpc) is 3.17. The Morgan fingerprint density at radius 2 is 1.70 bits per heavy atom. The van der Waals surface area contributed by atoms with Crippen LogP contribution < -0.4 is 5.32 Å². The number of aromatic nitrogens is 1. The molecule has 30 heavy (non-hydrogen) atoms. The fourth-order valence-electron chi connectivity index (χ4n) is 3.31. The van der Waals surface area contributed by atoms with E-state index in [4.69, 9.17) is 0 Å². The second kappa shape index (κ2) is 8.81. The number of nitrogens with zero attached hydrogens (tertiary/aromatic N) is 3. The Kier molecular flexibility index (Phi) is 6.14. The van der Waals surface area contributed by atoms with E-state index in [1.165, 1.54) is 34.1 Å². The Bertz CT molecular complexity index is 1090. The molecule has 2 heterocycles. The number of hydrogen-bond donors (Lipinski definition) is 1. The minimum Gasteiger partial charge on any atom is -0.332 e. The van der Waals surface area contributed by atoms with Gasteiger partial charge in [0, 0.05) is 43.8 Å². The van der Waals surface area contributed by atoms with Crippen molar-refractivity contribution in [1.82, 2.24) is 14.2 Å². The molecule has 158 valence electrons. The summed E-state index contributed by atoms with van der Waals surface area (Å²) in [5.41, 5.74) is 3.17. The Labute approximate surface area is 180 Å². The number of sulfonamides is 1. The van der Waals surface area contributed by atoms with Crippen molar-refractivity contribution in [3.63, 3.8) is 0 Å². The van der Waals surface area contributed by atoms with Gasteiger partial charge in [0.1, 0.15) is 5.82 Å². The van der Waals surface area contributed by atoms with Gasteiger partial charge in [0.2, 0.25) is 10.0 Å². The highest BCUT2D eigenvalue weighted by Crippen LogP contribution is 2.23. The molecule has 1 aromatic heterocycles. The van der Waals surface area contributed by atoms with Crippen molar-refractivity contribution in [2.75, 3.05) is 31.5 Å². The fraction of sp³-hybridized carbons (Fsp3) is 0.286. The van der Waals surface area contributed by atoms with Gasteiger partial charge in [-0.05, 0) is 43.3 Å². The van der Waals surface area contributed by atoms with Crippen molar-refractivity contribution in [3.8, 4) is 0 Å². The third-order valence-corrected chi connectivity index (χ3v) is 7.74. The van der Waals surface area contributed by atoms with Gasteiger partial charge in [-0.25, -0.2) is 17.8 Å². The van der Waals surface area contributed by atoms with Gasteiger partial charge in [0.05, 0.1) is 10.6 Å². The number of anilines is 2. The summed E-state index contributed by atoms with van der Waals surface area (Å²) in [6.07, 6.45) is 0. The van der Waals surface area contributed by atoms with E-state index < -0.39 is 15.8 Å². The monoisotopic (exact) mass is 446 g/mol. The zero-order valence-corrected chi connectivity index (χ0v) is 18.2. The van der Waals surface area contributed by atoms with Crippen LogP contribution >= 0.6 is 11.3 Å². The van der Waals surface area contributed by atoms with Crippen LogP contribution in [0.3, 0.4) is 0 Å². The van der Waals surface area contributed by atoms with Crippen LogP contribution in [0.15, 0.2) is 58.8 Å². The zero-order chi connectivity index (χ0) is 21.1. The summed E-state index contributed by atoms with van der Waals surface area (Å²) in [4.78, 5) is 6.97. The molecule has 0 saturated carbocycles. The lowest BCUT2D eigenvalue weighted by atomic mass is 10.2. The number of benzene rings is 2. The predicted molar refractivity (Wildman–Crippen MR) is 117 cm³/mol. The third-order valence-electron chi connectivity index (χ3n) is 5.02. The normalized spacial score (nSPS) is 15.9. The zero-order valence-electron chi connectivity index (χ0n) is 16.6. The molecule has 3 aromatic rings. The third kappa shape index (κ3) is 4.86. The molecule has 6 nitrogen and oxygen atoms in total. The number of aryl methyl sites for hydroxylation is 1. The van der Waals surface area contributed by atoms with Gasteiger partial charge in [0.25, 0.3) is 0 Å². The molecule has 1 saturated heterocycles. The Morgan fingerprint density at radius 1 is 1.03 bits per heavy atom. The summed E-state index contributed by atoms with van der Waals surface area (Å²) < 4.78 is 40.0. The highest BCUT2D eigenvalue weighted by Gasteiger charge is 2.28. The fourth-order valence-corrected chi connectivity index (χ4v) is 5.45. The molecule has 0 spiro atoms. The topological polar surface area (TPSA) is 65.5 Å². The maximum Gasteiger partial charge on any atom is 0.243 e. The number of halogens is 1. The molecule has 1 fully saturated rings. The minimum atomic E-state index is -3.59. The molecule has 0 aliphatic carbocycles. The van der Waals surface area contributed by atoms with E-state index in [0.717, 1.165) is 16.5 Å². The van der Waals surface area contributed by atoms with Gasteiger partial charge in [-0.15, -0.1) is 11.3 Å². The molecule has 1 N–H and O–H groups in total. The molecule has 1 aliphatic rings. The van der Waals surface area contributed by atoms with E-state index in [0.29, 0.717) is 32.7 Å². The second-order valence-corrected chi connectivity index (χ2v) is 10.1. The molecule has 1 aliphatic heterocycles. The van der Waals surface area contributed by atoms with E-state index in [2.05, 4.69) is 34.3 Å². The van der Waals surface area contributed by atoms with Crippen LogP contribution in [0.25, 0.3) is 0 Å². The maximum absolute atomic E-state index is 13.1. The maximum atomic E-state index is 13.1. The SMILES string of the molecule is Cc1ccc(Nc2nc(CN3CCN(S(=O)(=O)c4ccc(F)cc4)CC3)cs2)cc1. The Balaban J connectivity index is 1.32. The van der Waals surface area contributed by atoms with E-state index in [9.17, 15) is 12.8 Å². The van der Waals surface area contributed by atoms with Gasteiger partial charge in [-0.3, -0.25) is 4.90 Å². The van der Waals surface area contributed by atoms with Crippen LogP contribution in [-0.4, -0.2) is 48.8 Å². The van der Waals surface area contributed by atoms with Crippen molar-refractivity contribution in [3.05, 3.63) is 71.0 Å². The highest BCUT2D eigenvalue weighted by molar-refractivity contribution is 7.89. The van der Waals surface area contributed by atoms with Crippen LogP contribution in [0.4, 0.5) is 15.2 Å². The Hall–Kier alpha value is -2.33. The number of piperazine rings is 1. The lowest BCUT2D eigenvalue weighted by molar-refractivity contribution is 0.180. The summed E-state index contributed by atoms with van der Waals surface area (Å²) in [5.74, 6) is -0.446. The number of thiazole rings is 1. The largest absolute Gasteiger partial charge is 0.332 e. The quantitative estimate of drug-likeness (QED) is 0.623. The first-order valence-electron chi connectivity index (χ1n) is 9.66. The van der Waals surface area contributed by atoms with E-state index in [1.807, 2.05) is 17.5 Å². The summed E-state index contributed by atoms with van der Waals surface area (Å²) in [6, 6.07) is 13.1. The standard InChI is InChI=1S/C21H23FN4O2S2/c1-16-2-6-18(7-3-16)23-21-24-19(15-29-21)14-25-10-12-26(13-11-25)30(27,28)20-8-4-17(22)5-9-20/h2-9,15H,10-14H2,1H3,(H,23,24). The molecule has 0 amide bonds. The summed E-state index contributed by atoms with van der Waals surface area (Å²) in [5, 5.41) is 6.18. The summed E-state index contributed by atoms with van der Waals surface area (Å²) in [6.45, 7) is 4.78. The van der Waals surface area contributed by atoms with Crippen molar-refractivity contribution in [2.45, 2.75) is 18.4 Å².